The van der Waals surface area contributed by atoms with E-state index in [1.807, 2.05) is 20.8 Å². The first-order valence-corrected chi connectivity index (χ1v) is 6.89. The molecule has 0 aliphatic carbocycles. The number of hydrogen-bond donors (Lipinski definition) is 0. The minimum absolute atomic E-state index is 0.645. The van der Waals surface area contributed by atoms with Crippen LogP contribution in [-0.4, -0.2) is 28.6 Å². The van der Waals surface area contributed by atoms with Crippen molar-refractivity contribution >= 4 is 8.80 Å². The van der Waals surface area contributed by atoms with Crippen molar-refractivity contribution in [3.05, 3.63) is 6.92 Å². The number of hydrogen-bond acceptors (Lipinski definition) is 3. The molecule has 4 heteroatoms. The van der Waals surface area contributed by atoms with Gasteiger partial charge in [-0.3, -0.25) is 0 Å². The molecule has 79 valence electrons. The van der Waals surface area contributed by atoms with E-state index in [0.717, 1.165) is 12.5 Å². The summed E-state index contributed by atoms with van der Waals surface area (Å²) < 4.78 is 16.8. The van der Waals surface area contributed by atoms with E-state index in [1.54, 1.807) is 0 Å². The third kappa shape index (κ3) is 4.76. The quantitative estimate of drug-likeness (QED) is 0.569. The van der Waals surface area contributed by atoms with Crippen molar-refractivity contribution < 1.29 is 13.3 Å². The van der Waals surface area contributed by atoms with E-state index < -0.39 is 8.80 Å². The maximum absolute atomic E-state index is 5.61. The second kappa shape index (κ2) is 7.50. The van der Waals surface area contributed by atoms with Gasteiger partial charge in [-0.1, -0.05) is 6.92 Å². The molecular weight excluding hydrogens is 184 g/mol. The molecule has 0 aromatic carbocycles. The molecule has 1 radical (unpaired) electrons. The molecule has 0 aromatic heterocycles. The Bertz CT molecular complexity index is 89.9. The Morgan fingerprint density at radius 3 is 1.54 bits per heavy atom. The predicted octanol–water partition coefficient (Wildman–Crippen LogP) is 2.26. The molecule has 0 aliphatic heterocycles. The van der Waals surface area contributed by atoms with Crippen LogP contribution in [0.5, 0.6) is 0 Å². The van der Waals surface area contributed by atoms with Crippen LogP contribution >= 0.6 is 0 Å². The van der Waals surface area contributed by atoms with Crippen LogP contribution in [0.3, 0.4) is 0 Å². The lowest BCUT2D eigenvalue weighted by molar-refractivity contribution is 0.0715. The topological polar surface area (TPSA) is 27.7 Å². The van der Waals surface area contributed by atoms with Gasteiger partial charge in [0.05, 0.1) is 0 Å². The lowest BCUT2D eigenvalue weighted by Crippen LogP contribution is -2.45. The summed E-state index contributed by atoms with van der Waals surface area (Å²) in [5, 5.41) is 0. The molecule has 0 saturated heterocycles. The first-order valence-electron chi connectivity index (χ1n) is 4.95. The Kier molecular flexibility index (Phi) is 7.55. The largest absolute Gasteiger partial charge is 0.500 e. The molecule has 0 unspecified atom stereocenters. The van der Waals surface area contributed by atoms with E-state index in [0.29, 0.717) is 19.8 Å². The molecule has 0 spiro atoms. The lowest BCUT2D eigenvalue weighted by Gasteiger charge is -2.27. The zero-order valence-electron chi connectivity index (χ0n) is 8.97. The monoisotopic (exact) mass is 205 g/mol. The van der Waals surface area contributed by atoms with Crippen molar-refractivity contribution in [1.29, 1.82) is 0 Å². The van der Waals surface area contributed by atoms with Gasteiger partial charge in [0.1, 0.15) is 0 Å². The van der Waals surface area contributed by atoms with Crippen LogP contribution in [0, 0.1) is 6.92 Å². The van der Waals surface area contributed by atoms with E-state index in [9.17, 15) is 0 Å². The van der Waals surface area contributed by atoms with Gasteiger partial charge in [-0.05, 0) is 27.2 Å². The minimum atomic E-state index is -2.36. The zero-order chi connectivity index (χ0) is 10.2. The summed E-state index contributed by atoms with van der Waals surface area (Å²) in [5.41, 5.74) is 0. The first kappa shape index (κ1) is 13.1. The van der Waals surface area contributed by atoms with Gasteiger partial charge >= 0.3 is 8.80 Å². The van der Waals surface area contributed by atoms with Gasteiger partial charge in [-0.2, -0.15) is 0 Å². The van der Waals surface area contributed by atoms with Crippen LogP contribution in [0.4, 0.5) is 0 Å². The van der Waals surface area contributed by atoms with E-state index in [4.69, 9.17) is 13.3 Å². The highest BCUT2D eigenvalue weighted by Crippen LogP contribution is 2.17. The maximum Gasteiger partial charge on any atom is 0.500 e. The summed E-state index contributed by atoms with van der Waals surface area (Å²) in [7, 11) is -2.36. The Morgan fingerprint density at radius 2 is 1.31 bits per heavy atom. The summed E-state index contributed by atoms with van der Waals surface area (Å²) >= 11 is 0. The number of rotatable bonds is 8. The normalized spacial score (nSPS) is 12.0. The summed E-state index contributed by atoms with van der Waals surface area (Å²) in [6.45, 7) is 11.6. The van der Waals surface area contributed by atoms with Crippen LogP contribution in [0.1, 0.15) is 27.2 Å². The van der Waals surface area contributed by atoms with Crippen molar-refractivity contribution in [1.82, 2.24) is 0 Å². The second-order valence-electron chi connectivity index (χ2n) is 2.59. The van der Waals surface area contributed by atoms with Crippen LogP contribution in [0.15, 0.2) is 0 Å². The van der Waals surface area contributed by atoms with Gasteiger partial charge in [0.25, 0.3) is 0 Å². The van der Waals surface area contributed by atoms with Gasteiger partial charge in [0.15, 0.2) is 0 Å². The van der Waals surface area contributed by atoms with Gasteiger partial charge < -0.3 is 13.3 Å². The molecule has 0 N–H and O–H groups in total. The molecule has 0 heterocycles. The average molecular weight is 205 g/mol. The van der Waals surface area contributed by atoms with Crippen LogP contribution < -0.4 is 0 Å². The molecule has 0 rings (SSSR count). The molecule has 0 bridgehead atoms. The van der Waals surface area contributed by atoms with Crippen LogP contribution in [0.25, 0.3) is 0 Å². The van der Waals surface area contributed by atoms with E-state index in [2.05, 4.69) is 6.92 Å². The van der Waals surface area contributed by atoms with E-state index in [1.165, 1.54) is 0 Å². The predicted molar refractivity (Wildman–Crippen MR) is 55.4 cm³/mol. The van der Waals surface area contributed by atoms with Gasteiger partial charge in [0, 0.05) is 25.9 Å². The summed E-state index contributed by atoms with van der Waals surface area (Å²) in [5.74, 6) is 0. The van der Waals surface area contributed by atoms with Crippen LogP contribution in [-0.2, 0) is 13.3 Å². The zero-order valence-corrected chi connectivity index (χ0v) is 9.97. The average Bonchev–Trinajstić information content (AvgIpc) is 2.06. The molecular formula is C9H21O3Si. The van der Waals surface area contributed by atoms with Gasteiger partial charge in [0.2, 0.25) is 0 Å². The van der Waals surface area contributed by atoms with Crippen LogP contribution in [0.2, 0.25) is 6.04 Å². The molecule has 0 aliphatic rings. The maximum atomic E-state index is 5.61. The Balaban J connectivity index is 4.19. The van der Waals surface area contributed by atoms with Gasteiger partial charge in [-0.15, -0.1) is 0 Å². The second-order valence-corrected chi connectivity index (χ2v) is 5.32. The highest BCUT2D eigenvalue weighted by Gasteiger charge is 2.38. The lowest BCUT2D eigenvalue weighted by atomic mass is 10.6. The highest BCUT2D eigenvalue weighted by atomic mass is 28.4. The Hall–Kier alpha value is 0.0969. The Labute approximate surface area is 82.8 Å². The third-order valence-corrected chi connectivity index (χ3v) is 4.73. The molecule has 0 fully saturated rings. The fourth-order valence-electron chi connectivity index (χ4n) is 1.22. The molecule has 0 amide bonds. The molecule has 0 aromatic rings. The van der Waals surface area contributed by atoms with E-state index >= 15 is 0 Å². The fourth-order valence-corrected chi connectivity index (χ4v) is 3.65. The van der Waals surface area contributed by atoms with E-state index in [-0.39, 0.29) is 0 Å². The summed E-state index contributed by atoms with van der Waals surface area (Å²) in [4.78, 5) is 0. The standard InChI is InChI=1S/C9H21O3Si/c1-5-9-13(10-6-2,11-7-3)12-8-4/h1,5-9H2,2-4H3. The fraction of sp³-hybridized carbons (Fsp3) is 0.889. The molecule has 3 nitrogen and oxygen atoms in total. The Morgan fingerprint density at radius 1 is 0.923 bits per heavy atom. The van der Waals surface area contributed by atoms with Crippen molar-refractivity contribution in [3.63, 3.8) is 0 Å². The summed E-state index contributed by atoms with van der Waals surface area (Å²) in [6, 6.07) is 0.808. The molecule has 0 atom stereocenters. The van der Waals surface area contributed by atoms with Crippen molar-refractivity contribution in [2.24, 2.45) is 0 Å². The van der Waals surface area contributed by atoms with Crippen molar-refractivity contribution in [2.45, 2.75) is 33.2 Å². The molecule has 0 saturated carbocycles. The highest BCUT2D eigenvalue weighted by molar-refractivity contribution is 6.60. The van der Waals surface area contributed by atoms with Gasteiger partial charge in [-0.25, -0.2) is 0 Å². The molecule has 13 heavy (non-hydrogen) atoms. The van der Waals surface area contributed by atoms with Crippen molar-refractivity contribution in [3.8, 4) is 0 Å². The minimum Gasteiger partial charge on any atom is -0.374 e. The smallest absolute Gasteiger partial charge is 0.374 e. The van der Waals surface area contributed by atoms with Crippen molar-refractivity contribution in [2.75, 3.05) is 19.8 Å². The SMILES string of the molecule is [CH2]CC[Si](OCC)(OCC)OCC. The third-order valence-electron chi connectivity index (χ3n) is 1.58. The first-order chi connectivity index (χ1) is 6.24. The summed E-state index contributed by atoms with van der Waals surface area (Å²) in [6.07, 6.45) is 0.798.